The highest BCUT2D eigenvalue weighted by atomic mass is 16.4. The van der Waals surface area contributed by atoms with Gasteiger partial charge in [0.15, 0.2) is 0 Å². The third kappa shape index (κ3) is 3.43. The van der Waals surface area contributed by atoms with Crippen LogP contribution >= 0.6 is 0 Å². The number of hydrogen-bond donors (Lipinski definition) is 1. The molecule has 116 valence electrons. The minimum absolute atomic E-state index is 0.0179. The van der Waals surface area contributed by atoms with Crippen molar-refractivity contribution in [2.75, 3.05) is 6.54 Å². The largest absolute Gasteiger partial charge is 0.480 e. The van der Waals surface area contributed by atoms with Gasteiger partial charge in [-0.3, -0.25) is 4.79 Å². The standard InChI is InChI=1S/C15H23N3O3/c1-3-4-12(17-8-6-16-10-17)9-13(19)18-7-5-11(2)14(18)15(20)21/h6,8,10-12,14H,3-5,7,9H2,1-2H3,(H,20,21). The minimum atomic E-state index is -0.900. The van der Waals surface area contributed by atoms with Crippen LogP contribution in [0.2, 0.25) is 0 Å². The first-order valence-electron chi connectivity index (χ1n) is 7.54. The van der Waals surface area contributed by atoms with Crippen molar-refractivity contribution in [3.8, 4) is 0 Å². The summed E-state index contributed by atoms with van der Waals surface area (Å²) in [5.41, 5.74) is 0. The third-order valence-corrected chi connectivity index (χ3v) is 4.25. The van der Waals surface area contributed by atoms with Gasteiger partial charge in [-0.05, 0) is 18.8 Å². The fourth-order valence-electron chi connectivity index (χ4n) is 3.10. The molecule has 1 amide bonds. The fraction of sp³-hybridized carbons (Fsp3) is 0.667. The van der Waals surface area contributed by atoms with Crippen LogP contribution in [0.25, 0.3) is 0 Å². The Morgan fingerprint density at radius 2 is 2.24 bits per heavy atom. The third-order valence-electron chi connectivity index (χ3n) is 4.25. The second-order valence-electron chi connectivity index (χ2n) is 5.79. The summed E-state index contributed by atoms with van der Waals surface area (Å²) < 4.78 is 1.94. The Kier molecular flexibility index (Phi) is 4.98. The van der Waals surface area contributed by atoms with Crippen molar-refractivity contribution in [3.63, 3.8) is 0 Å². The lowest BCUT2D eigenvalue weighted by Gasteiger charge is -2.26. The smallest absolute Gasteiger partial charge is 0.326 e. The van der Waals surface area contributed by atoms with Crippen molar-refractivity contribution in [2.45, 2.75) is 51.6 Å². The Labute approximate surface area is 124 Å². The molecule has 6 nitrogen and oxygen atoms in total. The molecule has 0 spiro atoms. The maximum atomic E-state index is 12.5. The van der Waals surface area contributed by atoms with E-state index in [-0.39, 0.29) is 17.9 Å². The maximum absolute atomic E-state index is 12.5. The molecule has 0 aliphatic carbocycles. The number of imidazole rings is 1. The summed E-state index contributed by atoms with van der Waals surface area (Å²) in [6.45, 7) is 4.51. The lowest BCUT2D eigenvalue weighted by atomic mass is 10.0. The average molecular weight is 293 g/mol. The highest BCUT2D eigenvalue weighted by Gasteiger charge is 2.39. The molecule has 1 saturated heterocycles. The van der Waals surface area contributed by atoms with Gasteiger partial charge in [0.1, 0.15) is 6.04 Å². The highest BCUT2D eigenvalue weighted by molar-refractivity contribution is 5.84. The lowest BCUT2D eigenvalue weighted by Crippen LogP contribution is -2.43. The maximum Gasteiger partial charge on any atom is 0.326 e. The first-order chi connectivity index (χ1) is 10.0. The van der Waals surface area contributed by atoms with Crippen molar-refractivity contribution >= 4 is 11.9 Å². The minimum Gasteiger partial charge on any atom is -0.480 e. The van der Waals surface area contributed by atoms with Gasteiger partial charge in [-0.1, -0.05) is 20.3 Å². The van der Waals surface area contributed by atoms with Gasteiger partial charge in [0.2, 0.25) is 5.91 Å². The summed E-state index contributed by atoms with van der Waals surface area (Å²) >= 11 is 0. The number of nitrogens with zero attached hydrogens (tertiary/aromatic N) is 3. The fourth-order valence-corrected chi connectivity index (χ4v) is 3.10. The van der Waals surface area contributed by atoms with Gasteiger partial charge in [0.25, 0.3) is 0 Å². The van der Waals surface area contributed by atoms with Crippen molar-refractivity contribution in [3.05, 3.63) is 18.7 Å². The molecule has 2 heterocycles. The number of carboxylic acids is 1. The predicted molar refractivity (Wildman–Crippen MR) is 77.7 cm³/mol. The Balaban J connectivity index is 2.07. The molecule has 21 heavy (non-hydrogen) atoms. The van der Waals surface area contributed by atoms with E-state index in [1.165, 1.54) is 4.90 Å². The highest BCUT2D eigenvalue weighted by Crippen LogP contribution is 2.27. The Morgan fingerprint density at radius 1 is 1.48 bits per heavy atom. The topological polar surface area (TPSA) is 75.4 Å². The van der Waals surface area contributed by atoms with E-state index in [2.05, 4.69) is 11.9 Å². The Hall–Kier alpha value is -1.85. The Morgan fingerprint density at radius 3 is 2.81 bits per heavy atom. The molecule has 0 radical (unpaired) electrons. The van der Waals surface area contributed by atoms with Gasteiger partial charge in [-0.25, -0.2) is 9.78 Å². The van der Waals surface area contributed by atoms with E-state index >= 15 is 0 Å². The number of hydrogen-bond acceptors (Lipinski definition) is 3. The molecular formula is C15H23N3O3. The zero-order valence-electron chi connectivity index (χ0n) is 12.6. The summed E-state index contributed by atoms with van der Waals surface area (Å²) in [4.78, 5) is 29.4. The Bertz CT molecular complexity index is 486. The molecule has 3 atom stereocenters. The second-order valence-corrected chi connectivity index (χ2v) is 5.79. The summed E-state index contributed by atoms with van der Waals surface area (Å²) in [6.07, 6.45) is 8.21. The van der Waals surface area contributed by atoms with Crippen LogP contribution in [0, 0.1) is 5.92 Å². The zero-order chi connectivity index (χ0) is 15.4. The van der Waals surface area contributed by atoms with Crippen molar-refractivity contribution in [1.82, 2.24) is 14.5 Å². The van der Waals surface area contributed by atoms with E-state index in [0.717, 1.165) is 19.3 Å². The molecule has 1 fully saturated rings. The van der Waals surface area contributed by atoms with Crippen molar-refractivity contribution in [1.29, 1.82) is 0 Å². The number of amides is 1. The molecule has 1 aromatic heterocycles. The number of likely N-dealkylation sites (tertiary alicyclic amines) is 1. The number of rotatable bonds is 6. The van der Waals surface area contributed by atoms with E-state index in [9.17, 15) is 14.7 Å². The van der Waals surface area contributed by atoms with E-state index in [1.54, 1.807) is 12.5 Å². The van der Waals surface area contributed by atoms with Crippen LogP contribution in [0.1, 0.15) is 45.6 Å². The molecule has 1 N–H and O–H groups in total. The number of aromatic nitrogens is 2. The summed E-state index contributed by atoms with van der Waals surface area (Å²) in [6, 6.07) is -0.627. The number of carbonyl (C=O) groups excluding carboxylic acids is 1. The van der Waals surface area contributed by atoms with E-state index in [0.29, 0.717) is 13.0 Å². The predicted octanol–water partition coefficient (Wildman–Crippen LogP) is 1.94. The van der Waals surface area contributed by atoms with Crippen molar-refractivity contribution < 1.29 is 14.7 Å². The second kappa shape index (κ2) is 6.74. The van der Waals surface area contributed by atoms with Crippen molar-refractivity contribution in [2.24, 2.45) is 5.92 Å². The molecule has 0 aromatic carbocycles. The molecule has 0 bridgehead atoms. The van der Waals surface area contributed by atoms with Crippen LogP contribution in [0.4, 0.5) is 0 Å². The van der Waals surface area contributed by atoms with Gasteiger partial charge in [-0.2, -0.15) is 0 Å². The average Bonchev–Trinajstić information content (AvgIpc) is 3.06. The van der Waals surface area contributed by atoms with E-state index in [4.69, 9.17) is 0 Å². The van der Waals surface area contributed by atoms with E-state index < -0.39 is 12.0 Å². The molecule has 3 unspecified atom stereocenters. The van der Waals surface area contributed by atoms with Gasteiger partial charge in [0, 0.05) is 31.4 Å². The zero-order valence-corrected chi connectivity index (χ0v) is 12.6. The molecule has 2 rings (SSSR count). The molecular weight excluding hydrogens is 270 g/mol. The van der Waals surface area contributed by atoms with Crippen LogP contribution in [0.15, 0.2) is 18.7 Å². The number of carboxylic acid groups (broad SMARTS) is 1. The van der Waals surface area contributed by atoms with Crippen LogP contribution < -0.4 is 0 Å². The van der Waals surface area contributed by atoms with Crippen LogP contribution in [0.3, 0.4) is 0 Å². The molecule has 1 aromatic rings. The first kappa shape index (κ1) is 15.5. The summed E-state index contributed by atoms with van der Waals surface area (Å²) in [7, 11) is 0. The van der Waals surface area contributed by atoms with Crippen LogP contribution in [-0.4, -0.2) is 44.0 Å². The van der Waals surface area contributed by atoms with E-state index in [1.807, 2.05) is 17.7 Å². The van der Waals surface area contributed by atoms with Gasteiger partial charge in [0.05, 0.1) is 6.33 Å². The summed E-state index contributed by atoms with van der Waals surface area (Å²) in [5.74, 6) is -0.953. The van der Waals surface area contributed by atoms with Gasteiger partial charge in [-0.15, -0.1) is 0 Å². The molecule has 6 heteroatoms. The molecule has 0 saturated carbocycles. The SMILES string of the molecule is CCCC(CC(=O)N1CCC(C)C1C(=O)O)n1ccnc1. The normalized spacial score (nSPS) is 23.2. The van der Waals surface area contributed by atoms with Crippen LogP contribution in [0.5, 0.6) is 0 Å². The number of aliphatic carboxylic acids is 1. The van der Waals surface area contributed by atoms with Gasteiger partial charge >= 0.3 is 5.97 Å². The quantitative estimate of drug-likeness (QED) is 0.869. The first-order valence-corrected chi connectivity index (χ1v) is 7.54. The molecule has 1 aliphatic rings. The van der Waals surface area contributed by atoms with Gasteiger partial charge < -0.3 is 14.6 Å². The number of carbonyl (C=O) groups is 2. The monoisotopic (exact) mass is 293 g/mol. The molecule has 1 aliphatic heterocycles. The summed E-state index contributed by atoms with van der Waals surface area (Å²) in [5, 5.41) is 9.32. The lowest BCUT2D eigenvalue weighted by molar-refractivity contribution is -0.149. The van der Waals surface area contributed by atoms with Crippen LogP contribution in [-0.2, 0) is 9.59 Å².